The lowest BCUT2D eigenvalue weighted by Crippen LogP contribution is -2.11. The summed E-state index contributed by atoms with van der Waals surface area (Å²) in [5.74, 6) is 0. The summed E-state index contributed by atoms with van der Waals surface area (Å²) >= 11 is 0. The Hall–Kier alpha value is -4.62. The molecule has 36 heavy (non-hydrogen) atoms. The van der Waals surface area contributed by atoms with Gasteiger partial charge in [0.2, 0.25) is 0 Å². The molecule has 0 heterocycles. The second-order valence-electron chi connectivity index (χ2n) is 9.49. The number of hydrogen-bond donors (Lipinski definition) is 0. The third kappa shape index (κ3) is 3.25. The van der Waals surface area contributed by atoms with Gasteiger partial charge in [-0.3, -0.25) is 0 Å². The quantitative estimate of drug-likeness (QED) is 0.238. The Labute approximate surface area is 210 Å². The molecule has 0 aliphatic carbocycles. The van der Waals surface area contributed by atoms with Crippen LogP contribution < -0.4 is 4.90 Å². The van der Waals surface area contributed by atoms with Crippen molar-refractivity contribution >= 4 is 60.2 Å². The van der Waals surface area contributed by atoms with Crippen molar-refractivity contribution in [2.24, 2.45) is 0 Å². The van der Waals surface area contributed by atoms with Gasteiger partial charge in [-0.15, -0.1) is 0 Å². The van der Waals surface area contributed by atoms with E-state index in [1.807, 2.05) is 0 Å². The van der Waals surface area contributed by atoms with Crippen LogP contribution in [0.3, 0.4) is 0 Å². The van der Waals surface area contributed by atoms with Crippen LogP contribution >= 0.6 is 0 Å². The molecule has 0 saturated heterocycles. The lowest BCUT2D eigenvalue weighted by molar-refractivity contribution is 1.30. The zero-order valence-electron chi connectivity index (χ0n) is 20.1. The second kappa shape index (κ2) is 8.25. The van der Waals surface area contributed by atoms with Crippen LogP contribution in [0.25, 0.3) is 43.1 Å². The minimum Gasteiger partial charge on any atom is -0.309 e. The van der Waals surface area contributed by atoms with Gasteiger partial charge in [0.05, 0.1) is 11.4 Å². The number of nitrogens with zero attached hydrogens (tertiary/aromatic N) is 1. The number of benzene rings is 7. The zero-order valence-corrected chi connectivity index (χ0v) is 20.1. The van der Waals surface area contributed by atoms with Crippen LogP contribution in [0, 0.1) is 6.92 Å². The van der Waals surface area contributed by atoms with Gasteiger partial charge in [0, 0.05) is 16.5 Å². The zero-order chi connectivity index (χ0) is 24.1. The van der Waals surface area contributed by atoms with Crippen LogP contribution in [0.4, 0.5) is 17.1 Å². The fourth-order valence-electron chi connectivity index (χ4n) is 5.61. The molecule has 7 aromatic rings. The summed E-state index contributed by atoms with van der Waals surface area (Å²) in [5.41, 5.74) is 4.78. The lowest BCUT2D eigenvalue weighted by atomic mass is 9.98. The molecule has 0 atom stereocenters. The summed E-state index contributed by atoms with van der Waals surface area (Å²) in [5, 5.41) is 10.1. The van der Waals surface area contributed by atoms with Crippen LogP contribution in [0.5, 0.6) is 0 Å². The highest BCUT2D eigenvalue weighted by Gasteiger charge is 2.18. The molecule has 0 fully saturated rings. The van der Waals surface area contributed by atoms with Crippen LogP contribution in [-0.4, -0.2) is 0 Å². The number of fused-ring (bicyclic) bond motifs is 6. The molecule has 0 aliphatic heterocycles. The molecule has 0 saturated carbocycles. The van der Waals surface area contributed by atoms with Gasteiger partial charge in [-0.25, -0.2) is 0 Å². The maximum atomic E-state index is 2.43. The first-order chi connectivity index (χ1) is 17.8. The first-order valence-electron chi connectivity index (χ1n) is 12.5. The van der Waals surface area contributed by atoms with Gasteiger partial charge < -0.3 is 4.90 Å². The number of hydrogen-bond acceptors (Lipinski definition) is 1. The van der Waals surface area contributed by atoms with E-state index in [-0.39, 0.29) is 0 Å². The van der Waals surface area contributed by atoms with Crippen molar-refractivity contribution in [3.63, 3.8) is 0 Å². The Morgan fingerprint density at radius 1 is 0.389 bits per heavy atom. The molecule has 0 aromatic heterocycles. The van der Waals surface area contributed by atoms with E-state index >= 15 is 0 Å². The number of anilines is 3. The summed E-state index contributed by atoms with van der Waals surface area (Å²) in [7, 11) is 0. The maximum Gasteiger partial charge on any atom is 0.0540 e. The molecule has 0 amide bonds. The SMILES string of the molecule is Cc1cccc(N(c2cccc3c2ccc2ccccc23)c2cccc3c2ccc2ccccc23)c1. The monoisotopic (exact) mass is 459 g/mol. The molecule has 7 rings (SSSR count). The van der Waals surface area contributed by atoms with Crippen LogP contribution in [0.15, 0.2) is 133 Å². The second-order valence-corrected chi connectivity index (χ2v) is 9.49. The van der Waals surface area contributed by atoms with Crippen molar-refractivity contribution < 1.29 is 0 Å². The van der Waals surface area contributed by atoms with Crippen molar-refractivity contribution in [2.45, 2.75) is 6.92 Å². The Bertz CT molecular complexity index is 1800. The topological polar surface area (TPSA) is 3.24 Å². The highest BCUT2D eigenvalue weighted by molar-refractivity contribution is 6.16. The minimum atomic E-state index is 1.16. The van der Waals surface area contributed by atoms with Crippen LogP contribution in [-0.2, 0) is 0 Å². The molecule has 0 radical (unpaired) electrons. The maximum absolute atomic E-state index is 2.43. The van der Waals surface area contributed by atoms with Crippen molar-refractivity contribution in [2.75, 3.05) is 4.90 Å². The molecular weight excluding hydrogens is 434 g/mol. The molecule has 170 valence electrons. The molecule has 0 bridgehead atoms. The molecule has 0 N–H and O–H groups in total. The summed E-state index contributed by atoms with van der Waals surface area (Å²) in [4.78, 5) is 2.43. The molecule has 1 nitrogen and oxygen atoms in total. The van der Waals surface area contributed by atoms with Crippen LogP contribution in [0.2, 0.25) is 0 Å². The third-order valence-corrected chi connectivity index (χ3v) is 7.27. The molecule has 0 aliphatic rings. The Balaban J connectivity index is 1.58. The van der Waals surface area contributed by atoms with Gasteiger partial charge in [0.15, 0.2) is 0 Å². The average molecular weight is 460 g/mol. The standard InChI is InChI=1S/C35H25N/c1-24-9-6-12-27(23-24)36(34-17-7-15-30-28-13-4-2-10-25(28)19-21-32(30)34)35-18-8-16-31-29-14-5-3-11-26(29)20-22-33(31)35/h2-23H,1H3. The summed E-state index contributed by atoms with van der Waals surface area (Å²) in [6.07, 6.45) is 0. The fraction of sp³-hybridized carbons (Fsp3) is 0.0286. The average Bonchev–Trinajstić information content (AvgIpc) is 2.93. The van der Waals surface area contributed by atoms with Crippen molar-refractivity contribution in [1.29, 1.82) is 0 Å². The van der Waals surface area contributed by atoms with Gasteiger partial charge >= 0.3 is 0 Å². The van der Waals surface area contributed by atoms with Crippen molar-refractivity contribution in [3.05, 3.63) is 139 Å². The molecule has 7 aromatic carbocycles. The fourth-order valence-corrected chi connectivity index (χ4v) is 5.61. The largest absolute Gasteiger partial charge is 0.309 e. The predicted octanol–water partition coefficient (Wildman–Crippen LogP) is 10.1. The van der Waals surface area contributed by atoms with E-state index in [1.165, 1.54) is 60.0 Å². The van der Waals surface area contributed by atoms with E-state index in [0.29, 0.717) is 0 Å². The minimum absolute atomic E-state index is 1.16. The molecule has 0 unspecified atom stereocenters. The smallest absolute Gasteiger partial charge is 0.0540 e. The highest BCUT2D eigenvalue weighted by Crippen LogP contribution is 2.44. The Morgan fingerprint density at radius 3 is 1.44 bits per heavy atom. The van der Waals surface area contributed by atoms with E-state index in [4.69, 9.17) is 0 Å². The van der Waals surface area contributed by atoms with E-state index in [2.05, 4.69) is 145 Å². The molecule has 1 heteroatoms. The van der Waals surface area contributed by atoms with Gasteiger partial charge in [-0.1, -0.05) is 109 Å². The van der Waals surface area contributed by atoms with Gasteiger partial charge in [-0.2, -0.15) is 0 Å². The third-order valence-electron chi connectivity index (χ3n) is 7.27. The summed E-state index contributed by atoms with van der Waals surface area (Å²) in [6, 6.07) is 48.5. The number of rotatable bonds is 3. The highest BCUT2D eigenvalue weighted by atomic mass is 15.1. The Kier molecular flexibility index (Phi) is 4.75. The van der Waals surface area contributed by atoms with Gasteiger partial charge in [0.25, 0.3) is 0 Å². The van der Waals surface area contributed by atoms with E-state index in [1.54, 1.807) is 0 Å². The molecule has 0 spiro atoms. The summed E-state index contributed by atoms with van der Waals surface area (Å²) in [6.45, 7) is 2.16. The normalized spacial score (nSPS) is 11.5. The predicted molar refractivity (Wildman–Crippen MR) is 156 cm³/mol. The van der Waals surface area contributed by atoms with Crippen LogP contribution in [0.1, 0.15) is 5.56 Å². The lowest BCUT2D eigenvalue weighted by Gasteiger charge is -2.28. The molecular formula is C35H25N. The first-order valence-corrected chi connectivity index (χ1v) is 12.5. The van der Waals surface area contributed by atoms with E-state index in [0.717, 1.165) is 5.69 Å². The first kappa shape index (κ1) is 20.7. The number of aryl methyl sites for hydroxylation is 1. The van der Waals surface area contributed by atoms with Crippen molar-refractivity contribution in [1.82, 2.24) is 0 Å². The Morgan fingerprint density at radius 2 is 0.889 bits per heavy atom. The van der Waals surface area contributed by atoms with E-state index in [9.17, 15) is 0 Å². The van der Waals surface area contributed by atoms with Gasteiger partial charge in [-0.05, 0) is 69.1 Å². The van der Waals surface area contributed by atoms with Crippen molar-refractivity contribution in [3.8, 4) is 0 Å². The summed E-state index contributed by atoms with van der Waals surface area (Å²) < 4.78 is 0. The van der Waals surface area contributed by atoms with Gasteiger partial charge in [0.1, 0.15) is 0 Å². The van der Waals surface area contributed by atoms with E-state index < -0.39 is 0 Å².